The number of nitrogens with zero attached hydrogens (tertiary/aromatic N) is 1. The first-order chi connectivity index (χ1) is 8.33. The second kappa shape index (κ2) is 5.92. The summed E-state index contributed by atoms with van der Waals surface area (Å²) in [6.07, 6.45) is 0. The summed E-state index contributed by atoms with van der Waals surface area (Å²) < 4.78 is 5.23. The van der Waals surface area contributed by atoms with Crippen LogP contribution in [0.4, 0.5) is 0 Å². The largest absolute Gasteiger partial charge is 0.459 e. The summed E-state index contributed by atoms with van der Waals surface area (Å²) in [6.45, 7) is 7.44. The maximum absolute atomic E-state index is 11.6. The van der Waals surface area contributed by atoms with Crippen molar-refractivity contribution < 1.29 is 9.53 Å². The molecular weight excluding hydrogens is 246 g/mol. The molecule has 1 aromatic carbocycles. The molecule has 0 spiro atoms. The van der Waals surface area contributed by atoms with Crippen molar-refractivity contribution >= 4 is 17.7 Å². The maximum atomic E-state index is 11.6. The van der Waals surface area contributed by atoms with E-state index in [2.05, 4.69) is 6.07 Å². The molecule has 0 heterocycles. The van der Waals surface area contributed by atoms with E-state index in [0.717, 1.165) is 10.5 Å². The van der Waals surface area contributed by atoms with Crippen molar-refractivity contribution in [3.8, 4) is 6.07 Å². The quantitative estimate of drug-likeness (QED) is 0.620. The van der Waals surface area contributed by atoms with Gasteiger partial charge in [-0.1, -0.05) is 12.1 Å². The highest BCUT2D eigenvalue weighted by Gasteiger charge is 2.17. The molecule has 0 atom stereocenters. The van der Waals surface area contributed by atoms with Crippen molar-refractivity contribution in [2.24, 2.45) is 0 Å². The smallest absolute Gasteiger partial charge is 0.316 e. The first-order valence-electron chi connectivity index (χ1n) is 5.68. The maximum Gasteiger partial charge on any atom is 0.316 e. The lowest BCUT2D eigenvalue weighted by molar-refractivity contribution is -0.151. The Kier molecular flexibility index (Phi) is 4.80. The van der Waals surface area contributed by atoms with E-state index >= 15 is 0 Å². The molecule has 1 rings (SSSR count). The normalized spacial score (nSPS) is 10.8. The Morgan fingerprint density at radius 2 is 2.11 bits per heavy atom. The molecule has 96 valence electrons. The fourth-order valence-electron chi connectivity index (χ4n) is 1.43. The molecular formula is C14H17NO2S. The minimum absolute atomic E-state index is 0.219. The lowest BCUT2D eigenvalue weighted by Gasteiger charge is -2.19. The molecule has 18 heavy (non-hydrogen) atoms. The van der Waals surface area contributed by atoms with Gasteiger partial charge in [-0.15, -0.1) is 11.8 Å². The van der Waals surface area contributed by atoms with E-state index in [4.69, 9.17) is 10.00 Å². The van der Waals surface area contributed by atoms with Gasteiger partial charge in [-0.3, -0.25) is 4.79 Å². The van der Waals surface area contributed by atoms with Crippen molar-refractivity contribution in [2.75, 3.05) is 5.75 Å². The lowest BCUT2D eigenvalue weighted by atomic mass is 10.1. The van der Waals surface area contributed by atoms with E-state index in [1.807, 2.05) is 39.8 Å². The number of carbonyl (C=O) groups is 1. The fraction of sp³-hybridized carbons (Fsp3) is 0.429. The van der Waals surface area contributed by atoms with Crippen LogP contribution in [0.25, 0.3) is 0 Å². The van der Waals surface area contributed by atoms with Crippen molar-refractivity contribution in [3.05, 3.63) is 29.3 Å². The summed E-state index contributed by atoms with van der Waals surface area (Å²) in [4.78, 5) is 12.5. The van der Waals surface area contributed by atoms with Crippen LogP contribution in [0.1, 0.15) is 31.9 Å². The van der Waals surface area contributed by atoms with Gasteiger partial charge in [0.25, 0.3) is 0 Å². The SMILES string of the molecule is Cc1cccc(C#N)c1SCC(=O)OC(C)(C)C. The molecule has 0 aliphatic rings. The van der Waals surface area contributed by atoms with Gasteiger partial charge in [-0.05, 0) is 39.3 Å². The van der Waals surface area contributed by atoms with Gasteiger partial charge in [0.05, 0.1) is 11.3 Å². The fourth-order valence-corrected chi connectivity index (χ4v) is 2.32. The molecule has 0 aliphatic heterocycles. The second-order valence-electron chi connectivity index (χ2n) is 4.94. The Bertz CT molecular complexity index is 484. The number of esters is 1. The molecule has 0 saturated heterocycles. The standard InChI is InChI=1S/C14H17NO2S/c1-10-6-5-7-11(8-15)13(10)18-9-12(16)17-14(2,3)4/h5-7H,9H2,1-4H3. The van der Waals surface area contributed by atoms with Crippen molar-refractivity contribution in [1.82, 2.24) is 0 Å². The third-order valence-electron chi connectivity index (χ3n) is 2.09. The first kappa shape index (κ1) is 14.6. The Hall–Kier alpha value is -1.47. The number of thioether (sulfide) groups is 1. The van der Waals surface area contributed by atoms with Crippen LogP contribution < -0.4 is 0 Å². The topological polar surface area (TPSA) is 50.1 Å². The molecule has 0 aliphatic carbocycles. The second-order valence-corrected chi connectivity index (χ2v) is 5.92. The van der Waals surface area contributed by atoms with E-state index in [9.17, 15) is 4.79 Å². The molecule has 0 saturated carbocycles. The zero-order chi connectivity index (χ0) is 13.8. The van der Waals surface area contributed by atoms with E-state index in [-0.39, 0.29) is 11.7 Å². The first-order valence-corrected chi connectivity index (χ1v) is 6.66. The van der Waals surface area contributed by atoms with E-state index in [0.29, 0.717) is 5.56 Å². The van der Waals surface area contributed by atoms with Gasteiger partial charge in [-0.25, -0.2) is 0 Å². The summed E-state index contributed by atoms with van der Waals surface area (Å²) in [5.74, 6) is -0.0452. The minimum atomic E-state index is -0.471. The number of nitriles is 1. The Morgan fingerprint density at radius 3 is 2.67 bits per heavy atom. The average molecular weight is 263 g/mol. The molecule has 0 bridgehead atoms. The van der Waals surface area contributed by atoms with E-state index in [1.165, 1.54) is 11.8 Å². The van der Waals surface area contributed by atoms with Crippen LogP contribution in [0.3, 0.4) is 0 Å². The van der Waals surface area contributed by atoms with E-state index in [1.54, 1.807) is 6.07 Å². The number of aryl methyl sites for hydroxylation is 1. The molecule has 0 N–H and O–H groups in total. The minimum Gasteiger partial charge on any atom is -0.459 e. The molecule has 0 aromatic heterocycles. The number of ether oxygens (including phenoxy) is 1. The van der Waals surface area contributed by atoms with Gasteiger partial charge >= 0.3 is 5.97 Å². The summed E-state index contributed by atoms with van der Waals surface area (Å²) >= 11 is 1.35. The molecule has 0 amide bonds. The van der Waals surface area contributed by atoms with Gasteiger partial charge in [0.1, 0.15) is 11.7 Å². The molecule has 3 nitrogen and oxygen atoms in total. The highest BCUT2D eigenvalue weighted by atomic mass is 32.2. The zero-order valence-electron chi connectivity index (χ0n) is 11.1. The predicted octanol–water partition coefficient (Wildman–Crippen LogP) is 3.30. The number of carbonyl (C=O) groups excluding carboxylic acids is 1. The highest BCUT2D eigenvalue weighted by molar-refractivity contribution is 8.00. The molecule has 4 heteroatoms. The van der Waals surface area contributed by atoms with Crippen LogP contribution in [0.5, 0.6) is 0 Å². The Balaban J connectivity index is 2.70. The number of benzene rings is 1. The van der Waals surface area contributed by atoms with Crippen molar-refractivity contribution in [2.45, 2.75) is 38.2 Å². The van der Waals surface area contributed by atoms with Gasteiger partial charge in [-0.2, -0.15) is 5.26 Å². The van der Waals surface area contributed by atoms with Crippen LogP contribution in [0.15, 0.2) is 23.1 Å². The van der Waals surface area contributed by atoms with E-state index < -0.39 is 5.60 Å². The van der Waals surface area contributed by atoms with Crippen molar-refractivity contribution in [3.63, 3.8) is 0 Å². The third-order valence-corrected chi connectivity index (χ3v) is 3.30. The summed E-state index contributed by atoms with van der Waals surface area (Å²) in [7, 11) is 0. The van der Waals surface area contributed by atoms with Crippen LogP contribution in [0, 0.1) is 18.3 Å². The van der Waals surface area contributed by atoms with Gasteiger partial charge in [0, 0.05) is 4.90 Å². The molecule has 0 unspecified atom stereocenters. The predicted molar refractivity (Wildman–Crippen MR) is 72.5 cm³/mol. The number of hydrogen-bond donors (Lipinski definition) is 0. The summed E-state index contributed by atoms with van der Waals surface area (Å²) in [5.41, 5.74) is 1.13. The average Bonchev–Trinajstić information content (AvgIpc) is 2.24. The van der Waals surface area contributed by atoms with Crippen LogP contribution in [-0.4, -0.2) is 17.3 Å². The zero-order valence-corrected chi connectivity index (χ0v) is 11.9. The van der Waals surface area contributed by atoms with Gasteiger partial charge in [0.2, 0.25) is 0 Å². The lowest BCUT2D eigenvalue weighted by Crippen LogP contribution is -2.24. The van der Waals surface area contributed by atoms with Crippen LogP contribution in [0.2, 0.25) is 0 Å². The molecule has 0 fully saturated rings. The van der Waals surface area contributed by atoms with Gasteiger partial charge < -0.3 is 4.74 Å². The molecule has 1 aromatic rings. The summed E-state index contributed by atoms with van der Waals surface area (Å²) in [6, 6.07) is 7.66. The Labute approximate surface area is 112 Å². The summed E-state index contributed by atoms with van der Waals surface area (Å²) in [5, 5.41) is 9.02. The number of hydrogen-bond acceptors (Lipinski definition) is 4. The van der Waals surface area contributed by atoms with Gasteiger partial charge in [0.15, 0.2) is 0 Å². The van der Waals surface area contributed by atoms with Crippen molar-refractivity contribution in [1.29, 1.82) is 5.26 Å². The third kappa shape index (κ3) is 4.42. The monoisotopic (exact) mass is 263 g/mol. The van der Waals surface area contributed by atoms with Crippen LogP contribution in [-0.2, 0) is 9.53 Å². The Morgan fingerprint density at radius 1 is 1.44 bits per heavy atom. The molecule has 0 radical (unpaired) electrons. The highest BCUT2D eigenvalue weighted by Crippen LogP contribution is 2.26. The number of rotatable bonds is 3. The van der Waals surface area contributed by atoms with Crippen LogP contribution >= 0.6 is 11.8 Å².